The van der Waals surface area contributed by atoms with E-state index < -0.39 is 0 Å². The predicted molar refractivity (Wildman–Crippen MR) is 73.7 cm³/mol. The molecule has 0 spiro atoms. The Balaban J connectivity index is 2.30. The van der Waals surface area contributed by atoms with Crippen LogP contribution >= 0.6 is 0 Å². The number of benzene rings is 1. The first-order chi connectivity index (χ1) is 8.74. The van der Waals surface area contributed by atoms with Crippen LogP contribution in [0.1, 0.15) is 13.3 Å². The van der Waals surface area contributed by atoms with Gasteiger partial charge in [-0.05, 0) is 30.9 Å². The SMILES string of the molecule is CCOCCCn1c(N)cc2ccccc2c1=O. The molecule has 2 rings (SSSR count). The number of nitrogen functional groups attached to an aromatic ring is 1. The Hall–Kier alpha value is -1.81. The Morgan fingerprint density at radius 2 is 2.11 bits per heavy atom. The van der Waals surface area contributed by atoms with Crippen molar-refractivity contribution in [3.63, 3.8) is 0 Å². The molecule has 0 saturated carbocycles. The molecule has 1 aromatic carbocycles. The molecule has 0 aliphatic heterocycles. The van der Waals surface area contributed by atoms with Crippen molar-refractivity contribution in [1.82, 2.24) is 4.57 Å². The number of hydrogen-bond donors (Lipinski definition) is 1. The van der Waals surface area contributed by atoms with E-state index in [1.54, 1.807) is 4.57 Å². The van der Waals surface area contributed by atoms with Gasteiger partial charge in [0.15, 0.2) is 0 Å². The maximum atomic E-state index is 12.3. The summed E-state index contributed by atoms with van der Waals surface area (Å²) in [7, 11) is 0. The van der Waals surface area contributed by atoms with Crippen molar-refractivity contribution >= 4 is 16.6 Å². The molecule has 0 aliphatic rings. The van der Waals surface area contributed by atoms with Crippen molar-refractivity contribution in [3.05, 3.63) is 40.7 Å². The smallest absolute Gasteiger partial charge is 0.259 e. The average Bonchev–Trinajstić information content (AvgIpc) is 2.38. The lowest BCUT2D eigenvalue weighted by Crippen LogP contribution is -2.23. The van der Waals surface area contributed by atoms with Crippen molar-refractivity contribution in [3.8, 4) is 0 Å². The van der Waals surface area contributed by atoms with Crippen LogP contribution in [0.5, 0.6) is 0 Å². The molecule has 0 amide bonds. The largest absolute Gasteiger partial charge is 0.385 e. The second-order valence-corrected chi connectivity index (χ2v) is 4.16. The first kappa shape index (κ1) is 12.6. The Labute approximate surface area is 106 Å². The normalized spacial score (nSPS) is 10.9. The van der Waals surface area contributed by atoms with Crippen molar-refractivity contribution in [2.75, 3.05) is 18.9 Å². The first-order valence-electron chi connectivity index (χ1n) is 6.20. The molecule has 0 bridgehead atoms. The molecule has 1 heterocycles. The van der Waals surface area contributed by atoms with Gasteiger partial charge in [0, 0.05) is 25.1 Å². The summed E-state index contributed by atoms with van der Waals surface area (Å²) in [6.45, 7) is 3.89. The molecule has 2 aromatic rings. The molecule has 0 fully saturated rings. The van der Waals surface area contributed by atoms with Gasteiger partial charge >= 0.3 is 0 Å². The fourth-order valence-electron chi connectivity index (χ4n) is 2.02. The van der Waals surface area contributed by atoms with Gasteiger partial charge < -0.3 is 10.5 Å². The topological polar surface area (TPSA) is 57.2 Å². The van der Waals surface area contributed by atoms with Gasteiger partial charge in [-0.15, -0.1) is 0 Å². The summed E-state index contributed by atoms with van der Waals surface area (Å²) >= 11 is 0. The van der Waals surface area contributed by atoms with Crippen LogP contribution in [0.2, 0.25) is 0 Å². The zero-order valence-corrected chi connectivity index (χ0v) is 10.6. The van der Waals surface area contributed by atoms with Gasteiger partial charge in [-0.25, -0.2) is 0 Å². The Morgan fingerprint density at radius 3 is 2.89 bits per heavy atom. The zero-order chi connectivity index (χ0) is 13.0. The van der Waals surface area contributed by atoms with Crippen LogP contribution in [0.4, 0.5) is 5.82 Å². The molecule has 96 valence electrons. The van der Waals surface area contributed by atoms with Crippen LogP contribution in [0, 0.1) is 0 Å². The molecule has 1 aromatic heterocycles. The lowest BCUT2D eigenvalue weighted by atomic mass is 10.1. The summed E-state index contributed by atoms with van der Waals surface area (Å²) in [5, 5.41) is 1.60. The minimum Gasteiger partial charge on any atom is -0.385 e. The lowest BCUT2D eigenvalue weighted by Gasteiger charge is -2.11. The second kappa shape index (κ2) is 5.69. The van der Waals surface area contributed by atoms with Crippen molar-refractivity contribution in [1.29, 1.82) is 0 Å². The number of ether oxygens (including phenoxy) is 1. The van der Waals surface area contributed by atoms with E-state index in [2.05, 4.69) is 0 Å². The van der Waals surface area contributed by atoms with Crippen LogP contribution in [0.15, 0.2) is 35.1 Å². The van der Waals surface area contributed by atoms with E-state index in [0.717, 1.165) is 11.8 Å². The highest BCUT2D eigenvalue weighted by Gasteiger charge is 2.06. The van der Waals surface area contributed by atoms with E-state index in [1.807, 2.05) is 37.3 Å². The number of hydrogen-bond acceptors (Lipinski definition) is 3. The van der Waals surface area contributed by atoms with Crippen LogP contribution in [-0.4, -0.2) is 17.8 Å². The Bertz CT molecular complexity index is 590. The Kier molecular flexibility index (Phi) is 3.99. The maximum Gasteiger partial charge on any atom is 0.259 e. The van der Waals surface area contributed by atoms with Crippen molar-refractivity contribution < 1.29 is 4.74 Å². The van der Waals surface area contributed by atoms with Crippen molar-refractivity contribution in [2.24, 2.45) is 0 Å². The van der Waals surface area contributed by atoms with E-state index >= 15 is 0 Å². The summed E-state index contributed by atoms with van der Waals surface area (Å²) in [4.78, 5) is 12.3. The number of anilines is 1. The molecule has 0 atom stereocenters. The molecule has 18 heavy (non-hydrogen) atoms. The summed E-state index contributed by atoms with van der Waals surface area (Å²) in [5.41, 5.74) is 5.90. The van der Waals surface area contributed by atoms with Crippen LogP contribution in [0.3, 0.4) is 0 Å². The molecule has 0 saturated heterocycles. The number of aromatic nitrogens is 1. The van der Waals surface area contributed by atoms with Crippen LogP contribution in [-0.2, 0) is 11.3 Å². The molecule has 4 heteroatoms. The minimum atomic E-state index is -0.0258. The number of nitrogens with zero attached hydrogens (tertiary/aromatic N) is 1. The maximum absolute atomic E-state index is 12.3. The van der Waals surface area contributed by atoms with Gasteiger partial charge in [-0.2, -0.15) is 0 Å². The molecule has 0 aliphatic carbocycles. The monoisotopic (exact) mass is 246 g/mol. The van der Waals surface area contributed by atoms with E-state index in [4.69, 9.17) is 10.5 Å². The summed E-state index contributed by atoms with van der Waals surface area (Å²) in [6, 6.07) is 9.34. The summed E-state index contributed by atoms with van der Waals surface area (Å²) < 4.78 is 6.88. The molecule has 2 N–H and O–H groups in total. The number of nitrogens with two attached hydrogens (primary N) is 1. The van der Waals surface area contributed by atoms with Gasteiger partial charge in [-0.1, -0.05) is 18.2 Å². The van der Waals surface area contributed by atoms with Gasteiger partial charge in [0.2, 0.25) is 0 Å². The Morgan fingerprint density at radius 1 is 1.33 bits per heavy atom. The fraction of sp³-hybridized carbons (Fsp3) is 0.357. The highest BCUT2D eigenvalue weighted by molar-refractivity contribution is 5.83. The molecule has 0 radical (unpaired) electrons. The summed E-state index contributed by atoms with van der Waals surface area (Å²) in [5.74, 6) is 0.509. The van der Waals surface area contributed by atoms with Gasteiger partial charge in [-0.3, -0.25) is 9.36 Å². The molecule has 0 unspecified atom stereocenters. The number of rotatable bonds is 5. The molecule has 4 nitrogen and oxygen atoms in total. The average molecular weight is 246 g/mol. The van der Waals surface area contributed by atoms with Crippen molar-refractivity contribution in [2.45, 2.75) is 19.9 Å². The van der Waals surface area contributed by atoms with Crippen LogP contribution < -0.4 is 11.3 Å². The third-order valence-electron chi connectivity index (χ3n) is 2.93. The quantitative estimate of drug-likeness (QED) is 0.821. The van der Waals surface area contributed by atoms with Gasteiger partial charge in [0.1, 0.15) is 5.82 Å². The highest BCUT2D eigenvalue weighted by Crippen LogP contribution is 2.13. The van der Waals surface area contributed by atoms with E-state index in [9.17, 15) is 4.79 Å². The van der Waals surface area contributed by atoms with E-state index in [-0.39, 0.29) is 5.56 Å². The highest BCUT2D eigenvalue weighted by atomic mass is 16.5. The molecular formula is C14H18N2O2. The standard InChI is InChI=1S/C14H18N2O2/c1-2-18-9-5-8-16-13(15)10-11-6-3-4-7-12(11)14(16)17/h3-4,6-7,10H,2,5,8-9,15H2,1H3. The predicted octanol–water partition coefficient (Wildman–Crippen LogP) is 2.01. The first-order valence-corrected chi connectivity index (χ1v) is 6.20. The van der Waals surface area contributed by atoms with Crippen LogP contribution in [0.25, 0.3) is 10.8 Å². The third kappa shape index (κ3) is 2.54. The van der Waals surface area contributed by atoms with Gasteiger partial charge in [0.25, 0.3) is 5.56 Å². The van der Waals surface area contributed by atoms with Gasteiger partial charge in [0.05, 0.1) is 0 Å². The fourth-order valence-corrected chi connectivity index (χ4v) is 2.02. The molecular weight excluding hydrogens is 228 g/mol. The lowest BCUT2D eigenvalue weighted by molar-refractivity contribution is 0.141. The minimum absolute atomic E-state index is 0.0258. The number of fused-ring (bicyclic) bond motifs is 1. The van der Waals surface area contributed by atoms with E-state index in [0.29, 0.717) is 31.0 Å². The number of pyridine rings is 1. The third-order valence-corrected chi connectivity index (χ3v) is 2.93. The summed E-state index contributed by atoms with van der Waals surface area (Å²) in [6.07, 6.45) is 0.788. The second-order valence-electron chi connectivity index (χ2n) is 4.16. The zero-order valence-electron chi connectivity index (χ0n) is 10.6. The van der Waals surface area contributed by atoms with E-state index in [1.165, 1.54) is 0 Å².